The molecular formula is C21H23ClN2O3. The third kappa shape index (κ3) is 4.80. The highest BCUT2D eigenvalue weighted by molar-refractivity contribution is 6.30. The minimum absolute atomic E-state index is 0.00493. The number of rotatable bonds is 4. The van der Waals surface area contributed by atoms with Crippen LogP contribution in [0.25, 0.3) is 0 Å². The largest absolute Gasteiger partial charge is 0.481 e. The molecule has 0 spiro atoms. The number of halogens is 1. The molecule has 0 aliphatic carbocycles. The van der Waals surface area contributed by atoms with Crippen LogP contribution in [-0.4, -0.2) is 53.9 Å². The lowest BCUT2D eigenvalue weighted by atomic mass is 10.1. The number of ether oxygens (including phenoxy) is 1. The SMILES string of the molecule is Cc1ccc(C(=O)N2CCN(C(=O)C(C)Oc3cccc(Cl)c3)CC2)cc1. The van der Waals surface area contributed by atoms with Crippen molar-refractivity contribution in [2.75, 3.05) is 26.2 Å². The van der Waals surface area contributed by atoms with Gasteiger partial charge in [0.25, 0.3) is 11.8 Å². The number of carbonyl (C=O) groups excluding carboxylic acids is 2. The van der Waals surface area contributed by atoms with E-state index in [1.165, 1.54) is 0 Å². The first kappa shape index (κ1) is 19.2. The Kier molecular flexibility index (Phi) is 6.01. The number of carbonyl (C=O) groups is 2. The fourth-order valence-corrected chi connectivity index (χ4v) is 3.24. The average Bonchev–Trinajstić information content (AvgIpc) is 2.67. The van der Waals surface area contributed by atoms with Crippen molar-refractivity contribution >= 4 is 23.4 Å². The summed E-state index contributed by atoms with van der Waals surface area (Å²) in [6, 6.07) is 14.5. The molecule has 142 valence electrons. The van der Waals surface area contributed by atoms with Gasteiger partial charge in [-0.2, -0.15) is 0 Å². The standard InChI is InChI=1S/C21H23ClN2O3/c1-15-6-8-17(9-7-15)21(26)24-12-10-23(11-13-24)20(25)16(2)27-19-5-3-4-18(22)14-19/h3-9,14,16H,10-13H2,1-2H3. The predicted molar refractivity (Wildman–Crippen MR) is 105 cm³/mol. The topological polar surface area (TPSA) is 49.9 Å². The van der Waals surface area contributed by atoms with Crippen LogP contribution >= 0.6 is 11.6 Å². The van der Waals surface area contributed by atoms with Crippen molar-refractivity contribution in [3.63, 3.8) is 0 Å². The molecule has 0 saturated carbocycles. The molecule has 0 bridgehead atoms. The summed E-state index contributed by atoms with van der Waals surface area (Å²) >= 11 is 5.95. The lowest BCUT2D eigenvalue weighted by molar-refractivity contribution is -0.139. The summed E-state index contributed by atoms with van der Waals surface area (Å²) in [4.78, 5) is 28.7. The quantitative estimate of drug-likeness (QED) is 0.809. The van der Waals surface area contributed by atoms with Gasteiger partial charge in [-0.3, -0.25) is 9.59 Å². The Bertz CT molecular complexity index is 814. The predicted octanol–water partition coefficient (Wildman–Crippen LogP) is 3.40. The maximum absolute atomic E-state index is 12.6. The number of hydrogen-bond acceptors (Lipinski definition) is 3. The van der Waals surface area contributed by atoms with Crippen LogP contribution in [0.1, 0.15) is 22.8 Å². The molecule has 0 radical (unpaired) electrons. The van der Waals surface area contributed by atoms with E-state index in [0.29, 0.717) is 42.5 Å². The van der Waals surface area contributed by atoms with Crippen LogP contribution in [0.15, 0.2) is 48.5 Å². The second-order valence-corrected chi connectivity index (χ2v) is 7.14. The molecule has 1 unspecified atom stereocenters. The molecule has 5 nitrogen and oxygen atoms in total. The van der Waals surface area contributed by atoms with Crippen molar-refractivity contribution in [3.8, 4) is 5.75 Å². The second-order valence-electron chi connectivity index (χ2n) is 6.70. The van der Waals surface area contributed by atoms with Crippen molar-refractivity contribution in [2.45, 2.75) is 20.0 Å². The second kappa shape index (κ2) is 8.44. The van der Waals surface area contributed by atoms with Crippen LogP contribution in [0.3, 0.4) is 0 Å². The fourth-order valence-electron chi connectivity index (χ4n) is 3.06. The first-order valence-corrected chi connectivity index (χ1v) is 9.39. The molecule has 1 saturated heterocycles. The molecule has 2 aromatic carbocycles. The summed E-state index contributed by atoms with van der Waals surface area (Å²) in [6.07, 6.45) is -0.609. The van der Waals surface area contributed by atoms with Gasteiger partial charge in [0, 0.05) is 36.8 Å². The average molecular weight is 387 g/mol. The zero-order chi connectivity index (χ0) is 19.4. The minimum atomic E-state index is -0.609. The molecule has 0 N–H and O–H groups in total. The van der Waals surface area contributed by atoms with Crippen LogP contribution in [0, 0.1) is 6.92 Å². The van der Waals surface area contributed by atoms with E-state index in [1.807, 2.05) is 31.2 Å². The van der Waals surface area contributed by atoms with Crippen LogP contribution in [-0.2, 0) is 4.79 Å². The van der Waals surface area contributed by atoms with Gasteiger partial charge in [-0.15, -0.1) is 0 Å². The van der Waals surface area contributed by atoms with Gasteiger partial charge in [0.15, 0.2) is 6.10 Å². The summed E-state index contributed by atoms with van der Waals surface area (Å²) in [7, 11) is 0. The van der Waals surface area contributed by atoms with Crippen molar-refractivity contribution in [1.29, 1.82) is 0 Å². The van der Waals surface area contributed by atoms with Gasteiger partial charge >= 0.3 is 0 Å². The fraction of sp³-hybridized carbons (Fsp3) is 0.333. The zero-order valence-corrected chi connectivity index (χ0v) is 16.3. The van der Waals surface area contributed by atoms with Gasteiger partial charge in [-0.25, -0.2) is 0 Å². The maximum Gasteiger partial charge on any atom is 0.263 e. The number of benzene rings is 2. The summed E-state index contributed by atoms with van der Waals surface area (Å²) in [5.74, 6) is 0.485. The van der Waals surface area contributed by atoms with Crippen LogP contribution in [0.5, 0.6) is 5.75 Å². The van der Waals surface area contributed by atoms with Crippen LogP contribution in [0.2, 0.25) is 5.02 Å². The third-order valence-corrected chi connectivity index (χ3v) is 4.87. The van der Waals surface area contributed by atoms with Gasteiger partial charge in [0.1, 0.15) is 5.75 Å². The maximum atomic E-state index is 12.6. The Morgan fingerprint density at radius 1 is 1.00 bits per heavy atom. The van der Waals surface area contributed by atoms with E-state index in [9.17, 15) is 9.59 Å². The van der Waals surface area contributed by atoms with E-state index in [2.05, 4.69) is 0 Å². The molecule has 0 aromatic heterocycles. The Morgan fingerprint density at radius 3 is 2.26 bits per heavy atom. The van der Waals surface area contributed by atoms with Gasteiger partial charge in [-0.1, -0.05) is 35.4 Å². The van der Waals surface area contributed by atoms with Crippen LogP contribution in [0.4, 0.5) is 0 Å². The smallest absolute Gasteiger partial charge is 0.263 e. The summed E-state index contributed by atoms with van der Waals surface area (Å²) in [5, 5.41) is 0.565. The third-order valence-electron chi connectivity index (χ3n) is 4.63. The highest BCUT2D eigenvalue weighted by atomic mass is 35.5. The van der Waals surface area contributed by atoms with E-state index in [-0.39, 0.29) is 11.8 Å². The molecule has 2 amide bonds. The molecular weight excluding hydrogens is 364 g/mol. The minimum Gasteiger partial charge on any atom is -0.481 e. The van der Waals surface area contributed by atoms with E-state index in [1.54, 1.807) is 41.0 Å². The highest BCUT2D eigenvalue weighted by Crippen LogP contribution is 2.19. The molecule has 27 heavy (non-hydrogen) atoms. The van der Waals surface area contributed by atoms with Gasteiger partial charge in [-0.05, 0) is 44.2 Å². The van der Waals surface area contributed by atoms with Crippen molar-refractivity contribution < 1.29 is 14.3 Å². The van der Waals surface area contributed by atoms with E-state index in [4.69, 9.17) is 16.3 Å². The summed E-state index contributed by atoms with van der Waals surface area (Å²) in [5.41, 5.74) is 1.80. The van der Waals surface area contributed by atoms with E-state index >= 15 is 0 Å². The van der Waals surface area contributed by atoms with Gasteiger partial charge < -0.3 is 14.5 Å². The molecule has 6 heteroatoms. The number of amides is 2. The molecule has 1 fully saturated rings. The van der Waals surface area contributed by atoms with Gasteiger partial charge in [0.2, 0.25) is 0 Å². The molecule has 1 aliphatic rings. The number of aryl methyl sites for hydroxylation is 1. The van der Waals surface area contributed by atoms with Crippen molar-refractivity contribution in [2.24, 2.45) is 0 Å². The van der Waals surface area contributed by atoms with Crippen molar-refractivity contribution in [1.82, 2.24) is 9.80 Å². The number of nitrogens with zero attached hydrogens (tertiary/aromatic N) is 2. The first-order chi connectivity index (χ1) is 12.9. The number of hydrogen-bond donors (Lipinski definition) is 0. The van der Waals surface area contributed by atoms with Crippen LogP contribution < -0.4 is 4.74 Å². The Morgan fingerprint density at radius 2 is 1.63 bits per heavy atom. The van der Waals surface area contributed by atoms with Crippen molar-refractivity contribution in [3.05, 3.63) is 64.7 Å². The normalized spacial score (nSPS) is 15.4. The summed E-state index contributed by atoms with van der Waals surface area (Å²) in [6.45, 7) is 5.75. The first-order valence-electron chi connectivity index (χ1n) is 9.01. The Labute approximate surface area is 164 Å². The van der Waals surface area contributed by atoms with Gasteiger partial charge in [0.05, 0.1) is 0 Å². The highest BCUT2D eigenvalue weighted by Gasteiger charge is 2.28. The van der Waals surface area contributed by atoms with E-state index < -0.39 is 6.10 Å². The van der Waals surface area contributed by atoms with E-state index in [0.717, 1.165) is 5.56 Å². The molecule has 1 atom stereocenters. The lowest BCUT2D eigenvalue weighted by Gasteiger charge is -2.36. The Balaban J connectivity index is 1.54. The Hall–Kier alpha value is -2.53. The molecule has 1 heterocycles. The molecule has 3 rings (SSSR count). The zero-order valence-electron chi connectivity index (χ0n) is 15.5. The number of piperazine rings is 1. The lowest BCUT2D eigenvalue weighted by Crippen LogP contribution is -2.53. The molecule has 2 aromatic rings. The monoisotopic (exact) mass is 386 g/mol. The molecule has 1 aliphatic heterocycles. The summed E-state index contributed by atoms with van der Waals surface area (Å²) < 4.78 is 5.71.